The monoisotopic (exact) mass is 561 g/mol. The molecule has 3 aromatic rings. The van der Waals surface area contributed by atoms with Crippen LogP contribution in [0.15, 0.2) is 71.6 Å². The molecule has 0 fully saturated rings. The Bertz CT molecular complexity index is 1400. The second-order valence-electron chi connectivity index (χ2n) is 8.66. The van der Waals surface area contributed by atoms with E-state index in [4.69, 9.17) is 23.2 Å². The van der Waals surface area contributed by atoms with E-state index in [1.165, 1.54) is 24.1 Å². The van der Waals surface area contributed by atoms with Crippen LogP contribution in [0.2, 0.25) is 10.0 Å². The van der Waals surface area contributed by atoms with Gasteiger partial charge >= 0.3 is 0 Å². The molecule has 0 aliphatic rings. The lowest BCUT2D eigenvalue weighted by molar-refractivity contribution is -0.139. The minimum atomic E-state index is -4.15. The highest BCUT2D eigenvalue weighted by molar-refractivity contribution is 7.92. The molecule has 0 aliphatic carbocycles. The number of benzene rings is 3. The van der Waals surface area contributed by atoms with Crippen molar-refractivity contribution in [2.24, 2.45) is 0 Å². The Balaban J connectivity index is 2.08. The van der Waals surface area contributed by atoms with Gasteiger partial charge in [-0.25, -0.2) is 8.42 Å². The molecule has 0 saturated heterocycles. The van der Waals surface area contributed by atoms with Crippen LogP contribution in [-0.2, 0) is 26.2 Å². The van der Waals surface area contributed by atoms with E-state index in [1.54, 1.807) is 68.4 Å². The molecular weight excluding hydrogens is 533 g/mol. The van der Waals surface area contributed by atoms with Gasteiger partial charge in [0.25, 0.3) is 10.0 Å². The number of likely N-dealkylation sites (N-methyl/N-ethyl adjacent to an activating group) is 1. The average Bonchev–Trinajstić information content (AvgIpc) is 2.86. The first-order valence-corrected chi connectivity index (χ1v) is 13.7. The fraction of sp³-hybridized carbons (Fsp3) is 0.259. The van der Waals surface area contributed by atoms with E-state index in [0.717, 1.165) is 9.87 Å². The van der Waals surface area contributed by atoms with Crippen LogP contribution in [-0.4, -0.2) is 44.8 Å². The van der Waals surface area contributed by atoms with Crippen molar-refractivity contribution >= 4 is 50.7 Å². The molecule has 0 spiro atoms. The number of anilines is 1. The normalized spacial score (nSPS) is 12.1. The second kappa shape index (κ2) is 12.0. The summed E-state index contributed by atoms with van der Waals surface area (Å²) >= 11 is 12.5. The molecule has 0 bridgehead atoms. The standard InChI is InChI=1S/C27H29Cl2N3O4S/c1-18-9-12-23(13-10-18)37(35,36)32(25-14-11-22(28)15-19(25)2)17-26(33)31(20(3)27(34)30-4)16-21-7-5-6-8-24(21)29/h5-15,20H,16-17H2,1-4H3,(H,30,34)/t20-/m1/s1. The Morgan fingerprint density at radius 2 is 1.62 bits per heavy atom. The van der Waals surface area contributed by atoms with Gasteiger partial charge in [0.1, 0.15) is 12.6 Å². The SMILES string of the molecule is CNC(=O)[C@@H](C)N(Cc1ccccc1Cl)C(=O)CN(c1ccc(Cl)cc1C)S(=O)(=O)c1ccc(C)cc1. The molecule has 10 heteroatoms. The van der Waals surface area contributed by atoms with Crippen LogP contribution in [0.25, 0.3) is 0 Å². The number of nitrogens with zero attached hydrogens (tertiary/aromatic N) is 2. The summed E-state index contributed by atoms with van der Waals surface area (Å²) in [5.74, 6) is -0.961. The van der Waals surface area contributed by atoms with Crippen LogP contribution >= 0.6 is 23.2 Å². The van der Waals surface area contributed by atoms with Crippen molar-refractivity contribution in [1.29, 1.82) is 0 Å². The number of rotatable bonds is 9. The fourth-order valence-corrected chi connectivity index (χ4v) is 5.75. The minimum absolute atomic E-state index is 0.0190. The van der Waals surface area contributed by atoms with Crippen molar-refractivity contribution in [1.82, 2.24) is 10.2 Å². The van der Waals surface area contributed by atoms with Gasteiger partial charge in [0.15, 0.2) is 0 Å². The molecule has 0 aromatic heterocycles. The summed E-state index contributed by atoms with van der Waals surface area (Å²) in [6, 6.07) is 17.3. The van der Waals surface area contributed by atoms with Crippen molar-refractivity contribution in [2.45, 2.75) is 38.3 Å². The summed E-state index contributed by atoms with van der Waals surface area (Å²) in [5.41, 5.74) is 2.41. The third kappa shape index (κ3) is 6.63. The van der Waals surface area contributed by atoms with Gasteiger partial charge in [0.05, 0.1) is 10.6 Å². The number of amides is 2. The molecule has 1 atom stereocenters. The average molecular weight is 563 g/mol. The zero-order valence-electron chi connectivity index (χ0n) is 21.0. The maximum atomic E-state index is 13.8. The Labute approximate surface area is 228 Å². The number of carbonyl (C=O) groups is 2. The van der Waals surface area contributed by atoms with Gasteiger partial charge in [-0.1, -0.05) is 59.1 Å². The molecule has 37 heavy (non-hydrogen) atoms. The summed E-state index contributed by atoms with van der Waals surface area (Å²) < 4.78 is 28.7. The van der Waals surface area contributed by atoms with Gasteiger partial charge in [-0.3, -0.25) is 13.9 Å². The minimum Gasteiger partial charge on any atom is -0.357 e. The van der Waals surface area contributed by atoms with E-state index in [0.29, 0.717) is 26.9 Å². The number of nitrogens with one attached hydrogen (secondary N) is 1. The lowest BCUT2D eigenvalue weighted by Crippen LogP contribution is -2.50. The van der Waals surface area contributed by atoms with Crippen molar-refractivity contribution in [3.63, 3.8) is 0 Å². The number of sulfonamides is 1. The predicted octanol–water partition coefficient (Wildman–Crippen LogP) is 4.97. The van der Waals surface area contributed by atoms with E-state index in [2.05, 4.69) is 5.32 Å². The third-order valence-corrected chi connectivity index (χ3v) is 8.41. The van der Waals surface area contributed by atoms with E-state index in [-0.39, 0.29) is 11.4 Å². The maximum Gasteiger partial charge on any atom is 0.264 e. The third-order valence-electron chi connectivity index (χ3n) is 6.03. The lowest BCUT2D eigenvalue weighted by atomic mass is 10.1. The summed E-state index contributed by atoms with van der Waals surface area (Å²) in [5, 5.41) is 3.42. The van der Waals surface area contributed by atoms with Crippen LogP contribution in [0.5, 0.6) is 0 Å². The van der Waals surface area contributed by atoms with Gasteiger partial charge in [-0.2, -0.15) is 0 Å². The van der Waals surface area contributed by atoms with Crippen LogP contribution in [0.3, 0.4) is 0 Å². The molecule has 196 valence electrons. The van der Waals surface area contributed by atoms with Gasteiger partial charge in [0.2, 0.25) is 11.8 Å². The summed E-state index contributed by atoms with van der Waals surface area (Å²) in [6.07, 6.45) is 0. The molecule has 1 N–H and O–H groups in total. The number of hydrogen-bond donors (Lipinski definition) is 1. The smallest absolute Gasteiger partial charge is 0.264 e. The Morgan fingerprint density at radius 3 is 2.22 bits per heavy atom. The Morgan fingerprint density at radius 1 is 0.973 bits per heavy atom. The van der Waals surface area contributed by atoms with E-state index >= 15 is 0 Å². The second-order valence-corrected chi connectivity index (χ2v) is 11.4. The highest BCUT2D eigenvalue weighted by Crippen LogP contribution is 2.30. The largest absolute Gasteiger partial charge is 0.357 e. The Kier molecular flexibility index (Phi) is 9.23. The Hall–Kier alpha value is -3.07. The summed E-state index contributed by atoms with van der Waals surface area (Å²) in [4.78, 5) is 27.7. The zero-order valence-corrected chi connectivity index (χ0v) is 23.4. The highest BCUT2D eigenvalue weighted by atomic mass is 35.5. The topological polar surface area (TPSA) is 86.8 Å². The quantitative estimate of drug-likeness (QED) is 0.399. The first-order valence-electron chi connectivity index (χ1n) is 11.6. The number of aryl methyl sites for hydroxylation is 2. The molecule has 0 heterocycles. The van der Waals surface area contributed by atoms with Crippen molar-refractivity contribution in [3.05, 3.63) is 93.5 Å². The molecule has 0 unspecified atom stereocenters. The zero-order chi connectivity index (χ0) is 27.3. The van der Waals surface area contributed by atoms with Crippen LogP contribution in [0.4, 0.5) is 5.69 Å². The molecule has 0 saturated carbocycles. The van der Waals surface area contributed by atoms with Crippen molar-refractivity contribution in [3.8, 4) is 0 Å². The first-order chi connectivity index (χ1) is 17.4. The lowest BCUT2D eigenvalue weighted by Gasteiger charge is -2.32. The molecule has 7 nitrogen and oxygen atoms in total. The number of hydrogen-bond acceptors (Lipinski definition) is 4. The van der Waals surface area contributed by atoms with Crippen molar-refractivity contribution < 1.29 is 18.0 Å². The fourth-order valence-electron chi connectivity index (χ4n) is 3.85. The van der Waals surface area contributed by atoms with E-state index < -0.39 is 34.4 Å². The first kappa shape index (κ1) is 28.5. The molecule has 2 amide bonds. The van der Waals surface area contributed by atoms with E-state index in [9.17, 15) is 18.0 Å². The molecule has 0 aliphatic heterocycles. The molecular formula is C27H29Cl2N3O4S. The van der Waals surface area contributed by atoms with Crippen LogP contribution in [0.1, 0.15) is 23.6 Å². The van der Waals surface area contributed by atoms with Gasteiger partial charge in [-0.15, -0.1) is 0 Å². The number of halogens is 2. The summed E-state index contributed by atoms with van der Waals surface area (Å²) in [6.45, 7) is 4.64. The summed E-state index contributed by atoms with van der Waals surface area (Å²) in [7, 11) is -2.68. The predicted molar refractivity (Wildman–Crippen MR) is 147 cm³/mol. The van der Waals surface area contributed by atoms with Gasteiger partial charge in [-0.05, 0) is 68.3 Å². The highest BCUT2D eigenvalue weighted by Gasteiger charge is 2.33. The van der Waals surface area contributed by atoms with Gasteiger partial charge < -0.3 is 10.2 Å². The molecule has 3 rings (SSSR count). The van der Waals surface area contributed by atoms with E-state index in [1.807, 2.05) is 6.92 Å². The van der Waals surface area contributed by atoms with Crippen molar-refractivity contribution in [2.75, 3.05) is 17.9 Å². The number of carbonyl (C=O) groups excluding carboxylic acids is 2. The van der Waals surface area contributed by atoms with Crippen LogP contribution in [0, 0.1) is 13.8 Å². The van der Waals surface area contributed by atoms with Crippen LogP contribution < -0.4 is 9.62 Å². The maximum absolute atomic E-state index is 13.8. The molecule has 0 radical (unpaired) electrons. The van der Waals surface area contributed by atoms with Gasteiger partial charge in [0, 0.05) is 23.6 Å². The molecule has 3 aromatic carbocycles.